The molecule has 1 spiro atoms. The highest BCUT2D eigenvalue weighted by Gasteiger charge is 2.60. The summed E-state index contributed by atoms with van der Waals surface area (Å²) in [6, 6.07) is 27.9. The Morgan fingerprint density at radius 2 is 1.36 bits per heavy atom. The standard InChI is InChI=1S/C31H24FN/c1-29(2)19-9-4-3-8-18(19)26-22(29)14-15-24-28(26)33-25-13-7-12-23-27(25)30(24)16-17-31(23,32)21-11-6-5-10-20(21)30/h3-15,33H,16-17H2,1-2H3. The van der Waals surface area contributed by atoms with Gasteiger partial charge >= 0.3 is 0 Å². The first-order valence-corrected chi connectivity index (χ1v) is 12.0. The summed E-state index contributed by atoms with van der Waals surface area (Å²) in [6.07, 6.45) is 1.32. The maximum atomic E-state index is 16.7. The number of anilines is 2. The molecule has 0 amide bonds. The Balaban J connectivity index is 1.54. The van der Waals surface area contributed by atoms with Crippen LogP contribution >= 0.6 is 0 Å². The fourth-order valence-electron chi connectivity index (χ4n) is 7.64. The van der Waals surface area contributed by atoms with E-state index in [0.717, 1.165) is 34.4 Å². The molecule has 0 saturated carbocycles. The van der Waals surface area contributed by atoms with Crippen molar-refractivity contribution in [2.24, 2.45) is 0 Å². The number of fused-ring (bicyclic) bond motifs is 6. The summed E-state index contributed by atoms with van der Waals surface area (Å²) in [6.45, 7) is 4.65. The molecule has 4 aromatic carbocycles. The Morgan fingerprint density at radius 3 is 2.21 bits per heavy atom. The van der Waals surface area contributed by atoms with Crippen LogP contribution in [0.4, 0.5) is 15.8 Å². The average molecular weight is 430 g/mol. The number of hydrogen-bond acceptors (Lipinski definition) is 1. The van der Waals surface area contributed by atoms with Crippen molar-refractivity contribution in [1.29, 1.82) is 0 Å². The van der Waals surface area contributed by atoms with Gasteiger partial charge in [0.25, 0.3) is 0 Å². The molecule has 1 N–H and O–H groups in total. The normalized spacial score (nSPS) is 25.9. The molecule has 9 rings (SSSR count). The molecule has 4 aliphatic carbocycles. The first-order valence-electron chi connectivity index (χ1n) is 12.0. The predicted octanol–water partition coefficient (Wildman–Crippen LogP) is 7.70. The number of alkyl halides is 1. The van der Waals surface area contributed by atoms with E-state index in [1.54, 1.807) is 0 Å². The number of nitrogens with one attached hydrogen (secondary N) is 1. The molecule has 1 aliphatic heterocycles. The molecule has 0 radical (unpaired) electrons. The molecule has 0 aromatic heterocycles. The van der Waals surface area contributed by atoms with Gasteiger partial charge in [0, 0.05) is 22.2 Å². The molecule has 160 valence electrons. The van der Waals surface area contributed by atoms with Crippen LogP contribution in [-0.4, -0.2) is 0 Å². The zero-order valence-electron chi connectivity index (χ0n) is 18.8. The SMILES string of the molecule is CC1(C)c2ccccc2-c2c1ccc1c2Nc2cccc3c2C12CCC3(F)c1ccccc12. The molecule has 2 unspecified atom stereocenters. The summed E-state index contributed by atoms with van der Waals surface area (Å²) >= 11 is 0. The minimum Gasteiger partial charge on any atom is -0.354 e. The minimum atomic E-state index is -1.41. The lowest BCUT2D eigenvalue weighted by Crippen LogP contribution is -2.49. The van der Waals surface area contributed by atoms with Crippen LogP contribution in [0.3, 0.4) is 0 Å². The first-order chi connectivity index (χ1) is 16.0. The third-order valence-corrected chi connectivity index (χ3v) is 9.04. The second-order valence-corrected chi connectivity index (χ2v) is 10.7. The van der Waals surface area contributed by atoms with Gasteiger partial charge in [0.05, 0.1) is 11.1 Å². The highest BCUT2D eigenvalue weighted by molar-refractivity contribution is 5.97. The Kier molecular flexibility index (Phi) is 2.95. The first kappa shape index (κ1) is 18.1. The second-order valence-electron chi connectivity index (χ2n) is 10.7. The van der Waals surface area contributed by atoms with Crippen LogP contribution in [0.5, 0.6) is 0 Å². The van der Waals surface area contributed by atoms with Crippen LogP contribution in [0.25, 0.3) is 11.1 Å². The van der Waals surface area contributed by atoms with E-state index in [1.165, 1.54) is 33.5 Å². The van der Waals surface area contributed by atoms with Crippen molar-refractivity contribution in [1.82, 2.24) is 0 Å². The van der Waals surface area contributed by atoms with Crippen molar-refractivity contribution in [3.63, 3.8) is 0 Å². The molecule has 5 aliphatic rings. The van der Waals surface area contributed by atoms with E-state index in [2.05, 4.69) is 73.8 Å². The number of benzene rings is 4. The topological polar surface area (TPSA) is 12.0 Å². The summed E-state index contributed by atoms with van der Waals surface area (Å²) in [5, 5.41) is 3.82. The summed E-state index contributed by atoms with van der Waals surface area (Å²) in [4.78, 5) is 0. The lowest BCUT2D eigenvalue weighted by atomic mass is 9.50. The van der Waals surface area contributed by atoms with Crippen molar-refractivity contribution in [3.8, 4) is 11.1 Å². The predicted molar refractivity (Wildman–Crippen MR) is 131 cm³/mol. The molecule has 2 heteroatoms. The molecule has 2 atom stereocenters. The van der Waals surface area contributed by atoms with E-state index in [0.29, 0.717) is 6.42 Å². The monoisotopic (exact) mass is 429 g/mol. The highest BCUT2D eigenvalue weighted by atomic mass is 19.1. The van der Waals surface area contributed by atoms with Crippen molar-refractivity contribution < 1.29 is 4.39 Å². The molecule has 4 aromatic rings. The van der Waals surface area contributed by atoms with Gasteiger partial charge < -0.3 is 5.32 Å². The Morgan fingerprint density at radius 1 is 0.667 bits per heavy atom. The van der Waals surface area contributed by atoms with Crippen LogP contribution in [0, 0.1) is 0 Å². The molecule has 33 heavy (non-hydrogen) atoms. The minimum absolute atomic E-state index is 0.0481. The summed E-state index contributed by atoms with van der Waals surface area (Å²) < 4.78 is 16.7. The third-order valence-electron chi connectivity index (χ3n) is 9.04. The maximum absolute atomic E-state index is 16.7. The van der Waals surface area contributed by atoms with Gasteiger partial charge in [-0.3, -0.25) is 0 Å². The molecule has 0 fully saturated rings. The van der Waals surface area contributed by atoms with Crippen LogP contribution in [0.15, 0.2) is 78.9 Å². The van der Waals surface area contributed by atoms with E-state index < -0.39 is 5.67 Å². The third kappa shape index (κ3) is 1.78. The van der Waals surface area contributed by atoms with Crippen LogP contribution in [0.1, 0.15) is 65.6 Å². The number of rotatable bonds is 0. The van der Waals surface area contributed by atoms with Crippen molar-refractivity contribution in [3.05, 3.63) is 118 Å². The van der Waals surface area contributed by atoms with Crippen LogP contribution < -0.4 is 5.32 Å². The fraction of sp³-hybridized carbons (Fsp3) is 0.226. The summed E-state index contributed by atoms with van der Waals surface area (Å²) in [5.74, 6) is 0. The lowest BCUT2D eigenvalue weighted by Gasteiger charge is -2.55. The average Bonchev–Trinajstić information content (AvgIpc) is 3.08. The molecule has 1 heterocycles. The van der Waals surface area contributed by atoms with Crippen molar-refractivity contribution in [2.45, 2.75) is 43.2 Å². The second kappa shape index (κ2) is 5.39. The Hall–Kier alpha value is -3.39. The van der Waals surface area contributed by atoms with Gasteiger partial charge in [-0.15, -0.1) is 0 Å². The Bertz CT molecular complexity index is 1550. The maximum Gasteiger partial charge on any atom is 0.161 e. The number of halogens is 1. The van der Waals surface area contributed by atoms with E-state index in [4.69, 9.17) is 0 Å². The lowest BCUT2D eigenvalue weighted by molar-refractivity contribution is 0.150. The summed E-state index contributed by atoms with van der Waals surface area (Å²) in [7, 11) is 0. The van der Waals surface area contributed by atoms with Gasteiger partial charge in [-0.25, -0.2) is 4.39 Å². The van der Waals surface area contributed by atoms with Gasteiger partial charge in [0.15, 0.2) is 5.67 Å². The van der Waals surface area contributed by atoms with Gasteiger partial charge in [-0.05, 0) is 57.9 Å². The molecule has 2 bridgehead atoms. The van der Waals surface area contributed by atoms with Crippen molar-refractivity contribution in [2.75, 3.05) is 5.32 Å². The van der Waals surface area contributed by atoms with Gasteiger partial charge in [-0.1, -0.05) is 86.6 Å². The van der Waals surface area contributed by atoms with Gasteiger partial charge in [0.2, 0.25) is 0 Å². The smallest absolute Gasteiger partial charge is 0.161 e. The molecule has 0 saturated heterocycles. The van der Waals surface area contributed by atoms with Gasteiger partial charge in [-0.2, -0.15) is 0 Å². The largest absolute Gasteiger partial charge is 0.354 e. The molecule has 1 nitrogen and oxygen atoms in total. The fourth-order valence-corrected chi connectivity index (χ4v) is 7.64. The van der Waals surface area contributed by atoms with E-state index in [9.17, 15) is 0 Å². The van der Waals surface area contributed by atoms with Crippen molar-refractivity contribution >= 4 is 11.4 Å². The van der Waals surface area contributed by atoms with E-state index >= 15 is 4.39 Å². The zero-order chi connectivity index (χ0) is 22.2. The summed E-state index contributed by atoms with van der Waals surface area (Å²) in [5.41, 5.74) is 11.2. The van der Waals surface area contributed by atoms with Gasteiger partial charge in [0.1, 0.15) is 0 Å². The highest BCUT2D eigenvalue weighted by Crippen LogP contribution is 2.68. The number of hydrogen-bond donors (Lipinski definition) is 1. The van der Waals surface area contributed by atoms with E-state index in [1.807, 2.05) is 24.3 Å². The van der Waals surface area contributed by atoms with E-state index in [-0.39, 0.29) is 10.8 Å². The Labute approximate surface area is 193 Å². The van der Waals surface area contributed by atoms with Crippen LogP contribution in [0.2, 0.25) is 0 Å². The molecular formula is C31H24FN. The van der Waals surface area contributed by atoms with Crippen LogP contribution in [-0.2, 0) is 16.5 Å². The zero-order valence-corrected chi connectivity index (χ0v) is 18.8. The quantitative estimate of drug-likeness (QED) is 0.302. The molecular weight excluding hydrogens is 405 g/mol.